The number of carbonyl (C=O) groups excluding carboxylic acids is 2. The van der Waals surface area contributed by atoms with Crippen molar-refractivity contribution in [3.63, 3.8) is 0 Å². The zero-order chi connectivity index (χ0) is 23.4. The van der Waals surface area contributed by atoms with Gasteiger partial charge in [-0.1, -0.05) is 37.5 Å². The number of nitrogens with one attached hydrogen (secondary N) is 2. The Bertz CT molecular complexity index is 1060. The molecule has 5 nitrogen and oxygen atoms in total. The van der Waals surface area contributed by atoms with Crippen LogP contribution in [0.25, 0.3) is 5.70 Å². The van der Waals surface area contributed by atoms with E-state index >= 15 is 0 Å². The number of allylic oxidation sites excluding steroid dienone is 1. The molecule has 2 aromatic carbocycles. The molecular weight excluding hydrogens is 412 g/mol. The smallest absolute Gasteiger partial charge is 0.251 e. The Kier molecular flexibility index (Phi) is 6.87. The van der Waals surface area contributed by atoms with E-state index in [1.54, 1.807) is 37.5 Å². The first-order chi connectivity index (χ1) is 15.8. The van der Waals surface area contributed by atoms with Gasteiger partial charge in [-0.3, -0.25) is 9.59 Å². The van der Waals surface area contributed by atoms with Crippen LogP contribution in [0.4, 0.5) is 0 Å². The molecule has 1 saturated carbocycles. The molecule has 2 aromatic rings. The molecule has 0 spiro atoms. The number of ketones is 1. The summed E-state index contributed by atoms with van der Waals surface area (Å²) >= 11 is 0. The molecule has 1 amide bonds. The number of hydrogen-bond acceptors (Lipinski definition) is 4. The number of hydrogen-bond donors (Lipinski definition) is 2. The van der Waals surface area contributed by atoms with Crippen molar-refractivity contribution in [1.82, 2.24) is 10.6 Å². The number of rotatable bonds is 6. The van der Waals surface area contributed by atoms with Gasteiger partial charge in [0.05, 0.1) is 7.11 Å². The number of methoxy groups -OCH3 is 1. The summed E-state index contributed by atoms with van der Waals surface area (Å²) in [5, 5.41) is 6.56. The molecule has 1 heterocycles. The van der Waals surface area contributed by atoms with Crippen LogP contribution in [0.1, 0.15) is 77.8 Å². The van der Waals surface area contributed by atoms with Crippen molar-refractivity contribution in [3.05, 3.63) is 70.8 Å². The first-order valence-corrected chi connectivity index (χ1v) is 11.9. The maximum Gasteiger partial charge on any atom is 0.251 e. The molecule has 2 N–H and O–H groups in total. The molecule has 1 aliphatic heterocycles. The first-order valence-electron chi connectivity index (χ1n) is 11.9. The van der Waals surface area contributed by atoms with Crippen molar-refractivity contribution >= 4 is 17.4 Å². The highest BCUT2D eigenvalue weighted by molar-refractivity contribution is 6.10. The van der Waals surface area contributed by atoms with E-state index in [2.05, 4.69) is 30.5 Å². The van der Waals surface area contributed by atoms with Gasteiger partial charge in [-0.25, -0.2) is 0 Å². The molecule has 0 bridgehead atoms. The van der Waals surface area contributed by atoms with Gasteiger partial charge in [0.25, 0.3) is 5.91 Å². The molecule has 0 radical (unpaired) electrons. The minimum atomic E-state index is -0.172. The van der Waals surface area contributed by atoms with Gasteiger partial charge < -0.3 is 15.4 Å². The van der Waals surface area contributed by atoms with Crippen LogP contribution in [-0.4, -0.2) is 30.9 Å². The molecule has 0 unspecified atom stereocenters. The monoisotopic (exact) mass is 446 g/mol. The van der Waals surface area contributed by atoms with Crippen LogP contribution in [0.5, 0.6) is 5.75 Å². The Hall–Kier alpha value is -3.08. The quantitative estimate of drug-likeness (QED) is 0.475. The first kappa shape index (κ1) is 23.1. The topological polar surface area (TPSA) is 67.4 Å². The van der Waals surface area contributed by atoms with Crippen molar-refractivity contribution in [2.75, 3.05) is 13.7 Å². The van der Waals surface area contributed by atoms with Gasteiger partial charge in [0, 0.05) is 40.5 Å². The molecule has 1 aliphatic carbocycles. The van der Waals surface area contributed by atoms with Gasteiger partial charge in [-0.05, 0) is 68.9 Å². The molecule has 174 valence electrons. The van der Waals surface area contributed by atoms with Gasteiger partial charge in [0.2, 0.25) is 0 Å². The predicted octanol–water partition coefficient (Wildman–Crippen LogP) is 5.15. The lowest BCUT2D eigenvalue weighted by Crippen LogP contribution is -2.43. The summed E-state index contributed by atoms with van der Waals surface area (Å²) in [6.07, 6.45) is 8.65. The lowest BCUT2D eigenvalue weighted by atomic mass is 9.85. The molecule has 33 heavy (non-hydrogen) atoms. The number of ether oxygens (including phenoxy) is 1. The van der Waals surface area contributed by atoms with Gasteiger partial charge in [-0.2, -0.15) is 0 Å². The third kappa shape index (κ3) is 5.65. The highest BCUT2D eigenvalue weighted by Gasteiger charge is 2.28. The second-order valence-electron chi connectivity index (χ2n) is 9.93. The van der Waals surface area contributed by atoms with Gasteiger partial charge in [0.15, 0.2) is 5.78 Å². The van der Waals surface area contributed by atoms with E-state index in [-0.39, 0.29) is 17.2 Å². The van der Waals surface area contributed by atoms with Crippen molar-refractivity contribution in [3.8, 4) is 5.75 Å². The lowest BCUT2D eigenvalue weighted by molar-refractivity contribution is 0.0943. The minimum Gasteiger partial charge on any atom is -0.497 e. The summed E-state index contributed by atoms with van der Waals surface area (Å²) in [7, 11) is 1.64. The van der Waals surface area contributed by atoms with Crippen molar-refractivity contribution in [2.24, 2.45) is 5.92 Å². The number of amides is 1. The van der Waals surface area contributed by atoms with Gasteiger partial charge in [0.1, 0.15) is 5.75 Å². The fourth-order valence-electron chi connectivity index (χ4n) is 4.91. The highest BCUT2D eigenvalue weighted by Crippen LogP contribution is 2.32. The SMILES string of the molecule is COc1ccc2c(c1)C(=CC(=O)c1cccc(C(=O)NCC3CCCCC3)c1)NC(C)(C)C2. The average molecular weight is 447 g/mol. The fourth-order valence-corrected chi connectivity index (χ4v) is 4.91. The lowest BCUT2D eigenvalue weighted by Gasteiger charge is -2.35. The predicted molar refractivity (Wildman–Crippen MR) is 132 cm³/mol. The number of benzene rings is 2. The Morgan fingerprint density at radius 1 is 1.09 bits per heavy atom. The molecule has 0 saturated heterocycles. The van der Waals surface area contributed by atoms with Gasteiger partial charge in [-0.15, -0.1) is 0 Å². The van der Waals surface area contributed by atoms with E-state index in [1.807, 2.05) is 12.1 Å². The van der Waals surface area contributed by atoms with Crippen LogP contribution in [0, 0.1) is 5.92 Å². The summed E-state index contributed by atoms with van der Waals surface area (Å²) in [4.78, 5) is 25.9. The molecule has 0 aromatic heterocycles. The summed E-state index contributed by atoms with van der Waals surface area (Å²) in [5.41, 5.74) is 3.78. The van der Waals surface area contributed by atoms with Crippen molar-refractivity contribution in [2.45, 2.75) is 57.9 Å². The van der Waals surface area contributed by atoms with E-state index < -0.39 is 0 Å². The van der Waals surface area contributed by atoms with Gasteiger partial charge >= 0.3 is 0 Å². The van der Waals surface area contributed by atoms with Crippen LogP contribution >= 0.6 is 0 Å². The molecular formula is C28H34N2O3. The molecule has 1 fully saturated rings. The third-order valence-electron chi connectivity index (χ3n) is 6.67. The van der Waals surface area contributed by atoms with E-state index in [1.165, 1.54) is 37.7 Å². The van der Waals surface area contributed by atoms with E-state index in [9.17, 15) is 9.59 Å². The van der Waals surface area contributed by atoms with E-state index in [0.29, 0.717) is 23.6 Å². The van der Waals surface area contributed by atoms with E-state index in [4.69, 9.17) is 4.74 Å². The Morgan fingerprint density at radius 3 is 2.61 bits per heavy atom. The van der Waals surface area contributed by atoms with Crippen LogP contribution in [0.2, 0.25) is 0 Å². The Balaban J connectivity index is 1.53. The van der Waals surface area contributed by atoms with Crippen LogP contribution in [0.15, 0.2) is 48.5 Å². The second-order valence-corrected chi connectivity index (χ2v) is 9.93. The zero-order valence-electron chi connectivity index (χ0n) is 19.9. The molecule has 0 atom stereocenters. The fraction of sp³-hybridized carbons (Fsp3) is 0.429. The van der Waals surface area contributed by atoms with Crippen molar-refractivity contribution < 1.29 is 14.3 Å². The summed E-state index contributed by atoms with van der Waals surface area (Å²) in [6, 6.07) is 13.0. The van der Waals surface area contributed by atoms with E-state index in [0.717, 1.165) is 23.4 Å². The van der Waals surface area contributed by atoms with Crippen LogP contribution in [0.3, 0.4) is 0 Å². The second kappa shape index (κ2) is 9.82. The third-order valence-corrected chi connectivity index (χ3v) is 6.67. The summed E-state index contributed by atoms with van der Waals surface area (Å²) < 4.78 is 5.39. The standard InChI is InChI=1S/C28H34N2O3/c1-28(2)17-22-12-13-23(33-3)15-24(22)25(30-28)16-26(31)20-10-7-11-21(14-20)27(32)29-18-19-8-5-4-6-9-19/h7,10-16,19,30H,4-6,8-9,17-18H2,1-3H3,(H,29,32). The van der Waals surface area contributed by atoms with Crippen LogP contribution in [-0.2, 0) is 6.42 Å². The minimum absolute atomic E-state index is 0.116. The molecule has 2 aliphatic rings. The van der Waals surface area contributed by atoms with Crippen molar-refractivity contribution in [1.29, 1.82) is 0 Å². The average Bonchev–Trinajstić information content (AvgIpc) is 2.82. The zero-order valence-corrected chi connectivity index (χ0v) is 19.9. The normalized spacial score (nSPS) is 18.8. The Labute approximate surface area is 196 Å². The largest absolute Gasteiger partial charge is 0.497 e. The number of carbonyl (C=O) groups is 2. The summed E-state index contributed by atoms with van der Waals surface area (Å²) in [6.45, 7) is 4.95. The maximum atomic E-state index is 13.2. The number of fused-ring (bicyclic) bond motifs is 1. The highest BCUT2D eigenvalue weighted by atomic mass is 16.5. The molecule has 5 heteroatoms. The maximum absolute atomic E-state index is 13.2. The molecule has 4 rings (SSSR count). The Morgan fingerprint density at radius 2 is 1.85 bits per heavy atom. The summed E-state index contributed by atoms with van der Waals surface area (Å²) in [5.74, 6) is 1.07. The van der Waals surface area contributed by atoms with Crippen LogP contribution < -0.4 is 15.4 Å².